The van der Waals surface area contributed by atoms with Crippen LogP contribution in [0, 0.1) is 0 Å². The molecule has 0 aliphatic rings. The van der Waals surface area contributed by atoms with Gasteiger partial charge in [-0.2, -0.15) is 5.10 Å². The average Bonchev–Trinajstić information content (AvgIpc) is 2.47. The van der Waals surface area contributed by atoms with Crippen LogP contribution < -0.4 is 0 Å². The predicted molar refractivity (Wildman–Crippen MR) is 62.0 cm³/mol. The van der Waals surface area contributed by atoms with Crippen molar-refractivity contribution < 1.29 is 5.11 Å². The molecule has 3 heteroatoms. The molecule has 0 bridgehead atoms. The molecule has 0 atom stereocenters. The molecule has 0 unspecified atom stereocenters. The zero-order chi connectivity index (χ0) is 11.9. The minimum atomic E-state index is -0.225. The van der Waals surface area contributed by atoms with E-state index in [2.05, 4.69) is 25.9 Å². The molecule has 1 aromatic rings. The monoisotopic (exact) mass is 210 g/mol. The molecule has 1 rings (SSSR count). The van der Waals surface area contributed by atoms with Crippen molar-refractivity contribution in [2.24, 2.45) is 7.05 Å². The summed E-state index contributed by atoms with van der Waals surface area (Å²) in [6, 6.07) is 0. The van der Waals surface area contributed by atoms with Crippen molar-refractivity contribution in [3.63, 3.8) is 0 Å². The Morgan fingerprint density at radius 1 is 1.27 bits per heavy atom. The number of aliphatic hydroxyl groups is 1. The Kier molecular flexibility index (Phi) is 2.97. The van der Waals surface area contributed by atoms with E-state index in [-0.39, 0.29) is 17.4 Å². The molecule has 0 amide bonds. The molecule has 0 saturated carbocycles. The molecule has 86 valence electrons. The third-order valence-corrected chi connectivity index (χ3v) is 2.66. The first-order valence-corrected chi connectivity index (χ1v) is 5.34. The van der Waals surface area contributed by atoms with Crippen LogP contribution >= 0.6 is 0 Å². The van der Waals surface area contributed by atoms with Crippen LogP contribution in [0.5, 0.6) is 0 Å². The fraction of sp³-hybridized carbons (Fsp3) is 0.750. The summed E-state index contributed by atoms with van der Waals surface area (Å²) in [5, 5.41) is 13.9. The average molecular weight is 210 g/mol. The quantitative estimate of drug-likeness (QED) is 0.810. The lowest BCUT2D eigenvalue weighted by Crippen LogP contribution is -2.26. The molecule has 1 N–H and O–H groups in total. The van der Waals surface area contributed by atoms with Crippen molar-refractivity contribution in [1.82, 2.24) is 9.78 Å². The summed E-state index contributed by atoms with van der Waals surface area (Å²) in [6.45, 7) is 10.7. The van der Waals surface area contributed by atoms with Crippen molar-refractivity contribution in [2.45, 2.75) is 45.4 Å². The van der Waals surface area contributed by atoms with Crippen LogP contribution in [-0.4, -0.2) is 21.5 Å². The lowest BCUT2D eigenvalue weighted by Gasteiger charge is -2.26. The van der Waals surface area contributed by atoms with Crippen molar-refractivity contribution in [3.8, 4) is 0 Å². The smallest absolute Gasteiger partial charge is 0.0716 e. The summed E-state index contributed by atoms with van der Waals surface area (Å²) in [4.78, 5) is 0. The molecule has 0 fully saturated rings. The molecule has 0 aliphatic carbocycles. The van der Waals surface area contributed by atoms with Crippen molar-refractivity contribution >= 4 is 0 Å². The van der Waals surface area contributed by atoms with Gasteiger partial charge in [0.1, 0.15) is 0 Å². The summed E-state index contributed by atoms with van der Waals surface area (Å²) in [6.07, 6.45) is 2.01. The van der Waals surface area contributed by atoms with Gasteiger partial charge in [0.15, 0.2) is 0 Å². The van der Waals surface area contributed by atoms with Gasteiger partial charge in [-0.25, -0.2) is 0 Å². The lowest BCUT2D eigenvalue weighted by atomic mass is 9.79. The Morgan fingerprint density at radius 2 is 1.80 bits per heavy atom. The van der Waals surface area contributed by atoms with E-state index in [0.717, 1.165) is 11.3 Å². The van der Waals surface area contributed by atoms with Crippen LogP contribution in [0.1, 0.15) is 45.9 Å². The Morgan fingerprint density at radius 3 is 2.20 bits per heavy atom. The first-order valence-electron chi connectivity index (χ1n) is 5.34. The molecule has 3 nitrogen and oxygen atoms in total. The fourth-order valence-electron chi connectivity index (χ4n) is 1.62. The highest BCUT2D eigenvalue weighted by molar-refractivity contribution is 5.31. The van der Waals surface area contributed by atoms with E-state index in [9.17, 15) is 5.11 Å². The van der Waals surface area contributed by atoms with Gasteiger partial charge in [0, 0.05) is 29.6 Å². The highest BCUT2D eigenvalue weighted by atomic mass is 16.3. The number of nitrogens with zero attached hydrogens (tertiary/aromatic N) is 2. The normalized spacial score (nSPS) is 13.3. The van der Waals surface area contributed by atoms with Crippen LogP contribution in [-0.2, 0) is 17.9 Å². The fourth-order valence-corrected chi connectivity index (χ4v) is 1.62. The molecule has 0 saturated heterocycles. The largest absolute Gasteiger partial charge is 0.395 e. The van der Waals surface area contributed by atoms with Crippen LogP contribution in [0.4, 0.5) is 0 Å². The standard InChI is InChI=1S/C12H22N2O/c1-11(2,3)10-9(7-14(6)13-10)12(4,5)8-15/h7,15H,8H2,1-6H3. The van der Waals surface area contributed by atoms with Crippen LogP contribution in [0.25, 0.3) is 0 Å². The highest BCUT2D eigenvalue weighted by Gasteiger charge is 2.30. The Bertz CT molecular complexity index is 345. The summed E-state index contributed by atoms with van der Waals surface area (Å²) >= 11 is 0. The van der Waals surface area contributed by atoms with Gasteiger partial charge in [0.05, 0.1) is 12.3 Å². The maximum atomic E-state index is 9.41. The number of aliphatic hydroxyl groups excluding tert-OH is 1. The van der Waals surface area contributed by atoms with Gasteiger partial charge in [-0.1, -0.05) is 34.6 Å². The minimum Gasteiger partial charge on any atom is -0.395 e. The second-order valence-electron chi connectivity index (χ2n) is 5.86. The van der Waals surface area contributed by atoms with Gasteiger partial charge >= 0.3 is 0 Å². The van der Waals surface area contributed by atoms with E-state index in [1.807, 2.05) is 31.8 Å². The Labute approximate surface area is 92.1 Å². The topological polar surface area (TPSA) is 38.0 Å². The molecular weight excluding hydrogens is 188 g/mol. The van der Waals surface area contributed by atoms with E-state index in [0.29, 0.717) is 0 Å². The predicted octanol–water partition coefficient (Wildman–Crippen LogP) is 1.99. The highest BCUT2D eigenvalue weighted by Crippen LogP contribution is 2.32. The number of rotatable bonds is 2. The molecule has 0 spiro atoms. The number of hydrogen-bond donors (Lipinski definition) is 1. The van der Waals surface area contributed by atoms with Gasteiger partial charge in [0.2, 0.25) is 0 Å². The molecule has 1 aromatic heterocycles. The molecule has 0 aromatic carbocycles. The summed E-state index contributed by atoms with van der Waals surface area (Å²) in [5.74, 6) is 0. The summed E-state index contributed by atoms with van der Waals surface area (Å²) in [7, 11) is 1.92. The maximum Gasteiger partial charge on any atom is 0.0716 e. The van der Waals surface area contributed by atoms with Crippen molar-refractivity contribution in [3.05, 3.63) is 17.5 Å². The number of hydrogen-bond acceptors (Lipinski definition) is 2. The van der Waals surface area contributed by atoms with E-state index < -0.39 is 0 Å². The zero-order valence-electron chi connectivity index (χ0n) is 10.6. The second kappa shape index (κ2) is 3.63. The molecule has 0 radical (unpaired) electrons. The number of aromatic nitrogens is 2. The Hall–Kier alpha value is -0.830. The van der Waals surface area contributed by atoms with Gasteiger partial charge < -0.3 is 5.11 Å². The van der Waals surface area contributed by atoms with E-state index in [4.69, 9.17) is 0 Å². The van der Waals surface area contributed by atoms with Crippen LogP contribution in [0.2, 0.25) is 0 Å². The first-order chi connectivity index (χ1) is 6.68. The Balaban J connectivity index is 3.30. The molecule has 15 heavy (non-hydrogen) atoms. The van der Waals surface area contributed by atoms with Gasteiger partial charge in [0.25, 0.3) is 0 Å². The van der Waals surface area contributed by atoms with Crippen LogP contribution in [0.3, 0.4) is 0 Å². The van der Waals surface area contributed by atoms with Crippen molar-refractivity contribution in [1.29, 1.82) is 0 Å². The lowest BCUT2D eigenvalue weighted by molar-refractivity contribution is 0.216. The van der Waals surface area contributed by atoms with E-state index in [1.54, 1.807) is 0 Å². The van der Waals surface area contributed by atoms with Gasteiger partial charge in [-0.05, 0) is 0 Å². The minimum absolute atomic E-state index is 0.0169. The third-order valence-electron chi connectivity index (χ3n) is 2.66. The maximum absolute atomic E-state index is 9.41. The van der Waals surface area contributed by atoms with E-state index in [1.165, 1.54) is 0 Å². The van der Waals surface area contributed by atoms with E-state index >= 15 is 0 Å². The molecule has 0 aliphatic heterocycles. The van der Waals surface area contributed by atoms with Gasteiger partial charge in [-0.3, -0.25) is 4.68 Å². The summed E-state index contributed by atoms with van der Waals surface area (Å²) < 4.78 is 1.83. The molecular formula is C12H22N2O. The third kappa shape index (κ3) is 2.40. The second-order valence-corrected chi connectivity index (χ2v) is 5.86. The molecule has 1 heterocycles. The van der Waals surface area contributed by atoms with Gasteiger partial charge in [-0.15, -0.1) is 0 Å². The SMILES string of the molecule is Cn1cc(C(C)(C)CO)c(C(C)(C)C)n1. The first kappa shape index (κ1) is 12.2. The number of aryl methyl sites for hydroxylation is 1. The summed E-state index contributed by atoms with van der Waals surface area (Å²) in [5.41, 5.74) is 2.00. The zero-order valence-corrected chi connectivity index (χ0v) is 10.6. The van der Waals surface area contributed by atoms with Crippen molar-refractivity contribution in [2.75, 3.05) is 6.61 Å². The van der Waals surface area contributed by atoms with Crippen LogP contribution in [0.15, 0.2) is 6.20 Å².